The van der Waals surface area contributed by atoms with Crippen molar-refractivity contribution in [3.8, 4) is 0 Å². The third-order valence-corrected chi connectivity index (χ3v) is 7.99. The van der Waals surface area contributed by atoms with Crippen molar-refractivity contribution >= 4 is 27.5 Å². The van der Waals surface area contributed by atoms with Gasteiger partial charge in [0.15, 0.2) is 0 Å². The number of carbonyl (C=O) groups excluding carboxylic acids is 1. The molecule has 1 aliphatic carbocycles. The SMILES string of the molecule is O=C(NC1CCCC(C(F)(F)F)C1)C1CCN(S(=O)(=O)c2cccnc2Cl)CC1. The van der Waals surface area contributed by atoms with Gasteiger partial charge in [0.05, 0.1) is 5.92 Å². The molecule has 1 aromatic rings. The minimum atomic E-state index is -4.24. The van der Waals surface area contributed by atoms with Crippen LogP contribution < -0.4 is 5.32 Å². The average molecular weight is 454 g/mol. The second-order valence-electron chi connectivity index (χ2n) is 7.58. The molecule has 2 atom stereocenters. The van der Waals surface area contributed by atoms with Crippen molar-refractivity contribution in [2.45, 2.75) is 55.6 Å². The molecule has 1 saturated carbocycles. The zero-order chi connectivity index (χ0) is 21.2. The first kappa shape index (κ1) is 22.3. The molecule has 2 aliphatic rings. The number of hydrogen-bond donors (Lipinski definition) is 1. The van der Waals surface area contributed by atoms with Gasteiger partial charge in [-0.25, -0.2) is 13.4 Å². The molecule has 1 N–H and O–H groups in total. The molecule has 162 valence electrons. The summed E-state index contributed by atoms with van der Waals surface area (Å²) in [5.74, 6) is -2.09. The van der Waals surface area contributed by atoms with Crippen LogP contribution >= 0.6 is 11.6 Å². The molecular weight excluding hydrogens is 431 g/mol. The summed E-state index contributed by atoms with van der Waals surface area (Å²) in [5, 5.41) is 2.64. The molecule has 1 amide bonds. The molecule has 29 heavy (non-hydrogen) atoms. The van der Waals surface area contributed by atoms with Crippen LogP contribution in [0.15, 0.2) is 23.2 Å². The summed E-state index contributed by atoms with van der Waals surface area (Å²) >= 11 is 5.90. The quantitative estimate of drug-likeness (QED) is 0.709. The van der Waals surface area contributed by atoms with E-state index >= 15 is 0 Å². The summed E-state index contributed by atoms with van der Waals surface area (Å²) in [6.45, 7) is 0.281. The van der Waals surface area contributed by atoms with Gasteiger partial charge in [-0.2, -0.15) is 17.5 Å². The van der Waals surface area contributed by atoms with Gasteiger partial charge in [0.2, 0.25) is 15.9 Å². The third kappa shape index (κ3) is 5.21. The van der Waals surface area contributed by atoms with Crippen molar-refractivity contribution in [3.05, 3.63) is 23.5 Å². The van der Waals surface area contributed by atoms with Gasteiger partial charge >= 0.3 is 6.18 Å². The lowest BCUT2D eigenvalue weighted by molar-refractivity contribution is -0.184. The number of pyridine rings is 1. The number of piperidine rings is 1. The Balaban J connectivity index is 1.55. The Bertz CT molecular complexity index is 842. The molecule has 1 aromatic heterocycles. The molecule has 2 unspecified atom stereocenters. The van der Waals surface area contributed by atoms with Crippen LogP contribution in [0.25, 0.3) is 0 Å². The highest BCUT2D eigenvalue weighted by Crippen LogP contribution is 2.37. The summed E-state index contributed by atoms with van der Waals surface area (Å²) in [4.78, 5) is 16.2. The van der Waals surface area contributed by atoms with Gasteiger partial charge in [0.25, 0.3) is 0 Å². The lowest BCUT2D eigenvalue weighted by atomic mass is 9.84. The monoisotopic (exact) mass is 453 g/mol. The molecule has 11 heteroatoms. The first-order chi connectivity index (χ1) is 13.6. The van der Waals surface area contributed by atoms with Gasteiger partial charge in [-0.05, 0) is 44.2 Å². The second-order valence-corrected chi connectivity index (χ2v) is 9.85. The number of rotatable bonds is 4. The Morgan fingerprint density at radius 3 is 2.52 bits per heavy atom. The van der Waals surface area contributed by atoms with E-state index in [1.807, 2.05) is 0 Å². The van der Waals surface area contributed by atoms with Crippen LogP contribution in [0.3, 0.4) is 0 Å². The molecule has 3 rings (SSSR count). The fourth-order valence-electron chi connectivity index (χ4n) is 4.00. The number of aromatic nitrogens is 1. The highest BCUT2D eigenvalue weighted by molar-refractivity contribution is 7.89. The van der Waals surface area contributed by atoms with Crippen molar-refractivity contribution in [2.75, 3.05) is 13.1 Å². The lowest BCUT2D eigenvalue weighted by Crippen LogP contribution is -2.47. The summed E-state index contributed by atoms with van der Waals surface area (Å²) in [7, 11) is -3.81. The van der Waals surface area contributed by atoms with E-state index < -0.39 is 34.1 Å². The zero-order valence-electron chi connectivity index (χ0n) is 15.7. The number of amides is 1. The minimum absolute atomic E-state index is 0.0787. The van der Waals surface area contributed by atoms with Gasteiger partial charge in [0.1, 0.15) is 10.0 Å². The van der Waals surface area contributed by atoms with Crippen molar-refractivity contribution in [3.63, 3.8) is 0 Å². The van der Waals surface area contributed by atoms with Crippen LogP contribution in [0.4, 0.5) is 13.2 Å². The van der Waals surface area contributed by atoms with E-state index in [0.717, 1.165) is 0 Å². The van der Waals surface area contributed by atoms with Crippen LogP contribution in [0.1, 0.15) is 38.5 Å². The van der Waals surface area contributed by atoms with Crippen LogP contribution in [-0.4, -0.2) is 48.9 Å². The van der Waals surface area contributed by atoms with Crippen molar-refractivity contribution in [1.82, 2.24) is 14.6 Å². The molecule has 0 aromatic carbocycles. The maximum atomic E-state index is 12.9. The van der Waals surface area contributed by atoms with E-state index in [1.165, 1.54) is 22.6 Å². The van der Waals surface area contributed by atoms with Crippen LogP contribution in [0.2, 0.25) is 5.15 Å². The highest BCUT2D eigenvalue weighted by Gasteiger charge is 2.43. The second kappa shape index (κ2) is 8.77. The Kier molecular flexibility index (Phi) is 6.74. The van der Waals surface area contributed by atoms with E-state index in [0.29, 0.717) is 25.7 Å². The van der Waals surface area contributed by atoms with E-state index in [9.17, 15) is 26.4 Å². The summed E-state index contributed by atoms with van der Waals surface area (Å²) in [6, 6.07) is 2.37. The van der Waals surface area contributed by atoms with Crippen LogP contribution in [0.5, 0.6) is 0 Å². The zero-order valence-corrected chi connectivity index (χ0v) is 17.2. The molecule has 6 nitrogen and oxygen atoms in total. The molecule has 2 fully saturated rings. The fraction of sp³-hybridized carbons (Fsp3) is 0.667. The van der Waals surface area contributed by atoms with Crippen LogP contribution in [0, 0.1) is 11.8 Å². The van der Waals surface area contributed by atoms with Crippen molar-refractivity contribution < 1.29 is 26.4 Å². The number of hydrogen-bond acceptors (Lipinski definition) is 4. The normalized spacial score (nSPS) is 25.0. The largest absolute Gasteiger partial charge is 0.391 e. The van der Waals surface area contributed by atoms with Gasteiger partial charge in [-0.15, -0.1) is 0 Å². The van der Waals surface area contributed by atoms with Gasteiger partial charge in [-0.3, -0.25) is 4.79 Å². The topological polar surface area (TPSA) is 79.4 Å². The Morgan fingerprint density at radius 2 is 1.90 bits per heavy atom. The average Bonchev–Trinajstić information content (AvgIpc) is 2.68. The lowest BCUT2D eigenvalue weighted by Gasteiger charge is -2.34. The highest BCUT2D eigenvalue weighted by atomic mass is 35.5. The predicted octanol–water partition coefficient (Wildman–Crippen LogP) is 3.37. The maximum Gasteiger partial charge on any atom is 0.391 e. The number of nitrogens with one attached hydrogen (secondary N) is 1. The molecular formula is C18H23ClF3N3O3S. The molecule has 0 spiro atoms. The Hall–Kier alpha value is -1.39. The Labute approximate surface area is 172 Å². The minimum Gasteiger partial charge on any atom is -0.353 e. The Morgan fingerprint density at radius 1 is 1.21 bits per heavy atom. The van der Waals surface area contributed by atoms with Crippen molar-refractivity contribution in [1.29, 1.82) is 0 Å². The summed E-state index contributed by atoms with van der Waals surface area (Å²) in [6.07, 6.45) is -1.27. The fourth-order valence-corrected chi connectivity index (χ4v) is 5.90. The third-order valence-electron chi connectivity index (χ3n) is 5.65. The number of sulfonamides is 1. The molecule has 0 radical (unpaired) electrons. The number of nitrogens with zero attached hydrogens (tertiary/aromatic N) is 2. The van der Waals surface area contributed by atoms with Gasteiger partial charge in [-0.1, -0.05) is 18.0 Å². The number of halogens is 4. The standard InChI is InChI=1S/C18H23ClF3N3O3S/c19-16-15(5-2-8-23-16)29(27,28)25-9-6-12(7-10-25)17(26)24-14-4-1-3-13(11-14)18(20,21)22/h2,5,8,12-14H,1,3-4,6-7,9-11H2,(H,24,26). The van der Waals surface area contributed by atoms with E-state index in [1.54, 1.807) is 0 Å². The van der Waals surface area contributed by atoms with E-state index in [4.69, 9.17) is 11.6 Å². The first-order valence-electron chi connectivity index (χ1n) is 9.57. The van der Waals surface area contributed by atoms with E-state index in [2.05, 4.69) is 10.3 Å². The van der Waals surface area contributed by atoms with Crippen LogP contribution in [-0.2, 0) is 14.8 Å². The van der Waals surface area contributed by atoms with E-state index in [-0.39, 0.29) is 41.9 Å². The number of carbonyl (C=O) groups is 1. The molecule has 2 heterocycles. The first-order valence-corrected chi connectivity index (χ1v) is 11.4. The molecule has 0 bridgehead atoms. The molecule has 1 aliphatic heterocycles. The maximum absolute atomic E-state index is 12.9. The molecule has 1 saturated heterocycles. The summed E-state index contributed by atoms with van der Waals surface area (Å²) in [5.41, 5.74) is 0. The van der Waals surface area contributed by atoms with Gasteiger partial charge < -0.3 is 5.32 Å². The predicted molar refractivity (Wildman–Crippen MR) is 101 cm³/mol. The smallest absolute Gasteiger partial charge is 0.353 e. The number of alkyl halides is 3. The summed E-state index contributed by atoms with van der Waals surface area (Å²) < 4.78 is 65.5. The van der Waals surface area contributed by atoms with Crippen molar-refractivity contribution in [2.24, 2.45) is 11.8 Å². The van der Waals surface area contributed by atoms with Gasteiger partial charge in [0, 0.05) is 31.2 Å².